The number of β-amino-alcohol motifs (C(OH)–C–C–N with tert-alkyl or cyclic N) is 1. The fourth-order valence-electron chi connectivity index (χ4n) is 5.62. The highest BCUT2D eigenvalue weighted by atomic mass is 16.3. The van der Waals surface area contributed by atoms with E-state index in [1.807, 2.05) is 4.90 Å². The highest BCUT2D eigenvalue weighted by molar-refractivity contribution is 6.10. The first-order valence-corrected chi connectivity index (χ1v) is 11.3. The van der Waals surface area contributed by atoms with Gasteiger partial charge in [-0.05, 0) is 51.4 Å². The van der Waals surface area contributed by atoms with Gasteiger partial charge in [0.05, 0.1) is 22.6 Å². The van der Waals surface area contributed by atoms with E-state index in [9.17, 15) is 19.5 Å². The van der Waals surface area contributed by atoms with Crippen LogP contribution in [0.15, 0.2) is 4.42 Å². The Balaban J connectivity index is 1.32. The second-order valence-electron chi connectivity index (χ2n) is 9.69. The number of aliphatic hydroxyl groups is 1. The van der Waals surface area contributed by atoms with Crippen LogP contribution in [0.4, 0.5) is 0 Å². The molecule has 7 heteroatoms. The van der Waals surface area contributed by atoms with Gasteiger partial charge in [-0.2, -0.15) is 0 Å². The van der Waals surface area contributed by atoms with Gasteiger partial charge < -0.3 is 19.3 Å². The highest BCUT2D eigenvalue weighted by Crippen LogP contribution is 2.43. The van der Waals surface area contributed by atoms with Gasteiger partial charge >= 0.3 is 0 Å². The lowest BCUT2D eigenvalue weighted by molar-refractivity contribution is -0.156. The number of aryl methyl sites for hydroxylation is 2. The van der Waals surface area contributed by atoms with Crippen LogP contribution in [0, 0.1) is 18.3 Å². The van der Waals surface area contributed by atoms with E-state index in [0.717, 1.165) is 13.0 Å². The van der Waals surface area contributed by atoms with Gasteiger partial charge in [0.15, 0.2) is 5.78 Å². The van der Waals surface area contributed by atoms with Gasteiger partial charge in [-0.25, -0.2) is 0 Å². The number of hydrogen-bond acceptors (Lipinski definition) is 5. The largest absolute Gasteiger partial charge is 0.465 e. The van der Waals surface area contributed by atoms with Crippen molar-refractivity contribution in [2.45, 2.75) is 64.4 Å². The van der Waals surface area contributed by atoms with E-state index in [-0.39, 0.29) is 17.6 Å². The average Bonchev–Trinajstić information content (AvgIpc) is 3.46. The summed E-state index contributed by atoms with van der Waals surface area (Å²) in [6.45, 7) is 3.86. The van der Waals surface area contributed by atoms with Crippen molar-refractivity contribution in [1.29, 1.82) is 0 Å². The summed E-state index contributed by atoms with van der Waals surface area (Å²) in [5.41, 5.74) is 0.323. The summed E-state index contributed by atoms with van der Waals surface area (Å²) in [6, 6.07) is 0. The van der Waals surface area contributed by atoms with Crippen molar-refractivity contribution in [2.24, 2.45) is 11.3 Å². The number of piperidine rings is 2. The Hall–Kier alpha value is -2.15. The Morgan fingerprint density at radius 3 is 2.63 bits per heavy atom. The molecule has 5 rings (SSSR count). The van der Waals surface area contributed by atoms with Crippen LogP contribution in [0.3, 0.4) is 0 Å². The third-order valence-corrected chi connectivity index (χ3v) is 7.44. The number of Topliss-reactive ketones (excluding diaryl/α,β-unsaturated/α-hetero) is 1. The average molecular weight is 415 g/mol. The number of ketones is 1. The van der Waals surface area contributed by atoms with Crippen molar-refractivity contribution in [3.8, 4) is 0 Å². The fourth-order valence-corrected chi connectivity index (χ4v) is 5.62. The molecular weight excluding hydrogens is 384 g/mol. The Morgan fingerprint density at radius 2 is 1.93 bits per heavy atom. The van der Waals surface area contributed by atoms with Crippen molar-refractivity contribution < 1.29 is 23.9 Å². The molecule has 2 saturated heterocycles. The standard InChI is InChI=1S/C23H30N2O5/c1-14-19(20-17(27)3-2-4-18(20)30-14)21(28)24-9-7-23(8-10-24)11-16(26)13-25(22(23)29)12-15-5-6-15/h15-16,26H,2-13H2,1H3. The minimum absolute atomic E-state index is 0.00812. The quantitative estimate of drug-likeness (QED) is 0.820. The lowest BCUT2D eigenvalue weighted by Gasteiger charge is -2.48. The zero-order valence-corrected chi connectivity index (χ0v) is 17.6. The van der Waals surface area contributed by atoms with Crippen molar-refractivity contribution >= 4 is 17.6 Å². The van der Waals surface area contributed by atoms with E-state index < -0.39 is 11.5 Å². The number of carbonyl (C=O) groups excluding carboxylic acids is 3. The molecule has 2 amide bonds. The van der Waals surface area contributed by atoms with Crippen molar-refractivity contribution in [3.63, 3.8) is 0 Å². The molecule has 2 aliphatic heterocycles. The second-order valence-corrected chi connectivity index (χ2v) is 9.69. The third kappa shape index (κ3) is 3.27. The topological polar surface area (TPSA) is 91.1 Å². The zero-order chi connectivity index (χ0) is 21.0. The normalized spacial score (nSPS) is 26.3. The molecule has 0 bridgehead atoms. The van der Waals surface area contributed by atoms with Crippen molar-refractivity contribution in [2.75, 3.05) is 26.2 Å². The van der Waals surface area contributed by atoms with Gasteiger partial charge in [-0.15, -0.1) is 0 Å². The summed E-state index contributed by atoms with van der Waals surface area (Å²) in [4.78, 5) is 42.6. The zero-order valence-electron chi connectivity index (χ0n) is 17.6. The highest BCUT2D eigenvalue weighted by Gasteiger charge is 2.50. The molecule has 0 aromatic carbocycles. The minimum Gasteiger partial charge on any atom is -0.465 e. The molecule has 0 radical (unpaired) electrons. The molecule has 2 aliphatic carbocycles. The number of amides is 2. The molecule has 4 aliphatic rings. The van der Waals surface area contributed by atoms with Gasteiger partial charge in [-0.3, -0.25) is 14.4 Å². The fraction of sp³-hybridized carbons (Fsp3) is 0.696. The van der Waals surface area contributed by atoms with E-state index >= 15 is 0 Å². The van der Waals surface area contributed by atoms with E-state index in [1.54, 1.807) is 11.8 Å². The number of furan rings is 1. The predicted octanol–water partition coefficient (Wildman–Crippen LogP) is 2.33. The first kappa shape index (κ1) is 19.8. The van der Waals surface area contributed by atoms with Crippen LogP contribution >= 0.6 is 0 Å². The SMILES string of the molecule is Cc1oc2c(c1C(=O)N1CCC3(CC1)CC(O)CN(CC1CC1)C3=O)C(=O)CCC2. The molecule has 1 spiro atoms. The number of nitrogens with zero attached hydrogens (tertiary/aromatic N) is 2. The maximum Gasteiger partial charge on any atom is 0.258 e. The van der Waals surface area contributed by atoms with Gasteiger partial charge in [0.1, 0.15) is 11.5 Å². The molecule has 1 aromatic rings. The van der Waals surface area contributed by atoms with Crippen LogP contribution in [-0.2, 0) is 11.2 Å². The molecule has 1 N–H and O–H groups in total. The van der Waals surface area contributed by atoms with Crippen LogP contribution in [0.25, 0.3) is 0 Å². The Bertz CT molecular complexity index is 890. The Labute approximate surface area is 176 Å². The summed E-state index contributed by atoms with van der Waals surface area (Å²) in [7, 11) is 0. The maximum absolute atomic E-state index is 13.3. The Morgan fingerprint density at radius 1 is 1.20 bits per heavy atom. The lowest BCUT2D eigenvalue weighted by Crippen LogP contribution is -2.58. The number of aliphatic hydroxyl groups excluding tert-OH is 1. The van der Waals surface area contributed by atoms with Gasteiger partial charge in [0.2, 0.25) is 5.91 Å². The first-order valence-electron chi connectivity index (χ1n) is 11.3. The monoisotopic (exact) mass is 414 g/mol. The van der Waals surface area contributed by atoms with E-state index in [1.165, 1.54) is 12.8 Å². The molecule has 7 nitrogen and oxygen atoms in total. The number of hydrogen-bond donors (Lipinski definition) is 1. The van der Waals surface area contributed by atoms with Crippen molar-refractivity contribution in [3.05, 3.63) is 22.6 Å². The summed E-state index contributed by atoms with van der Waals surface area (Å²) >= 11 is 0. The van der Waals surface area contributed by atoms with Crippen LogP contribution in [0.5, 0.6) is 0 Å². The number of likely N-dealkylation sites (tertiary alicyclic amines) is 2. The van der Waals surface area contributed by atoms with E-state index in [0.29, 0.717) is 80.3 Å². The van der Waals surface area contributed by atoms with Crippen LogP contribution in [-0.4, -0.2) is 64.8 Å². The predicted molar refractivity (Wildman–Crippen MR) is 108 cm³/mol. The van der Waals surface area contributed by atoms with E-state index in [2.05, 4.69) is 0 Å². The lowest BCUT2D eigenvalue weighted by atomic mass is 9.70. The summed E-state index contributed by atoms with van der Waals surface area (Å²) in [5.74, 6) is 1.72. The molecular formula is C23H30N2O5. The minimum atomic E-state index is -0.565. The molecule has 1 aromatic heterocycles. The number of carbonyl (C=O) groups is 3. The second kappa shape index (κ2) is 7.22. The van der Waals surface area contributed by atoms with Gasteiger partial charge in [0, 0.05) is 39.0 Å². The van der Waals surface area contributed by atoms with E-state index in [4.69, 9.17) is 4.42 Å². The van der Waals surface area contributed by atoms with Crippen LogP contribution in [0.2, 0.25) is 0 Å². The first-order chi connectivity index (χ1) is 14.4. The third-order valence-electron chi connectivity index (χ3n) is 7.44. The molecule has 1 saturated carbocycles. The van der Waals surface area contributed by atoms with Crippen molar-refractivity contribution in [1.82, 2.24) is 9.80 Å². The molecule has 3 fully saturated rings. The smallest absolute Gasteiger partial charge is 0.258 e. The molecule has 3 heterocycles. The summed E-state index contributed by atoms with van der Waals surface area (Å²) in [5, 5.41) is 10.4. The number of rotatable bonds is 3. The van der Waals surface area contributed by atoms with Crippen LogP contribution < -0.4 is 0 Å². The molecule has 1 unspecified atom stereocenters. The summed E-state index contributed by atoms with van der Waals surface area (Å²) in [6.07, 6.45) is 5.36. The Kier molecular flexibility index (Phi) is 4.76. The number of fused-ring (bicyclic) bond motifs is 1. The molecule has 162 valence electrons. The summed E-state index contributed by atoms with van der Waals surface area (Å²) < 4.78 is 5.76. The van der Waals surface area contributed by atoms with Gasteiger partial charge in [0.25, 0.3) is 5.91 Å². The van der Waals surface area contributed by atoms with Gasteiger partial charge in [-0.1, -0.05) is 0 Å². The molecule has 30 heavy (non-hydrogen) atoms. The molecule has 1 atom stereocenters. The maximum atomic E-state index is 13.3. The van der Waals surface area contributed by atoms with Crippen LogP contribution in [0.1, 0.15) is 77.2 Å².